The summed E-state index contributed by atoms with van der Waals surface area (Å²) >= 11 is 0. The third kappa shape index (κ3) is 3.38. The van der Waals surface area contributed by atoms with Crippen molar-refractivity contribution in [1.29, 1.82) is 0 Å². The molecule has 0 aliphatic carbocycles. The van der Waals surface area contributed by atoms with Crippen LogP contribution in [0.5, 0.6) is 0 Å². The van der Waals surface area contributed by atoms with E-state index in [-0.39, 0.29) is 23.2 Å². The number of anilines is 1. The second-order valence-electron chi connectivity index (χ2n) is 4.71. The van der Waals surface area contributed by atoms with Crippen molar-refractivity contribution in [2.75, 3.05) is 12.4 Å². The van der Waals surface area contributed by atoms with Gasteiger partial charge in [-0.1, -0.05) is 0 Å². The van der Waals surface area contributed by atoms with E-state index in [4.69, 9.17) is 0 Å². The quantitative estimate of drug-likeness (QED) is 0.653. The van der Waals surface area contributed by atoms with Crippen molar-refractivity contribution in [2.24, 2.45) is 0 Å². The van der Waals surface area contributed by atoms with Gasteiger partial charge in [0.15, 0.2) is 0 Å². The van der Waals surface area contributed by atoms with Crippen LogP contribution in [-0.4, -0.2) is 22.9 Å². The summed E-state index contributed by atoms with van der Waals surface area (Å²) in [7, 11) is 1.59. The maximum Gasteiger partial charge on any atom is 0.293 e. The zero-order chi connectivity index (χ0) is 16.1. The summed E-state index contributed by atoms with van der Waals surface area (Å²) in [5, 5.41) is 16.6. The second-order valence-corrected chi connectivity index (χ2v) is 4.71. The Bertz CT molecular complexity index is 688. The van der Waals surface area contributed by atoms with Crippen molar-refractivity contribution in [1.82, 2.24) is 10.3 Å². The minimum atomic E-state index is -0.519. The predicted octanol–water partition coefficient (Wildman–Crippen LogP) is 2.52. The van der Waals surface area contributed by atoms with Gasteiger partial charge in [0, 0.05) is 31.1 Å². The molecule has 2 N–H and O–H groups in total. The number of hydrogen-bond acceptors (Lipinski definition) is 5. The first-order valence-electron chi connectivity index (χ1n) is 6.70. The van der Waals surface area contributed by atoms with Gasteiger partial charge in [-0.2, -0.15) is 0 Å². The lowest BCUT2D eigenvalue weighted by Gasteiger charge is -2.14. The van der Waals surface area contributed by atoms with Crippen LogP contribution in [0.1, 0.15) is 28.9 Å². The number of carbonyl (C=O) groups is 1. The Morgan fingerprint density at radius 3 is 2.55 bits per heavy atom. The largest absolute Gasteiger partial charge is 0.383 e. The molecule has 2 aromatic rings. The zero-order valence-electron chi connectivity index (χ0n) is 12.2. The van der Waals surface area contributed by atoms with Crippen molar-refractivity contribution in [3.63, 3.8) is 0 Å². The number of nitro benzene ring substituents is 1. The molecule has 1 unspecified atom stereocenters. The monoisotopic (exact) mass is 300 g/mol. The van der Waals surface area contributed by atoms with Crippen LogP contribution in [0.25, 0.3) is 0 Å². The zero-order valence-corrected chi connectivity index (χ0v) is 12.2. The van der Waals surface area contributed by atoms with E-state index in [9.17, 15) is 14.9 Å². The van der Waals surface area contributed by atoms with Crippen molar-refractivity contribution < 1.29 is 9.72 Å². The number of aromatic nitrogens is 1. The van der Waals surface area contributed by atoms with Crippen molar-refractivity contribution in [3.8, 4) is 0 Å². The average Bonchev–Trinajstić information content (AvgIpc) is 2.54. The second kappa shape index (κ2) is 6.66. The summed E-state index contributed by atoms with van der Waals surface area (Å²) in [5.41, 5.74) is 1.38. The molecule has 1 aromatic heterocycles. The first kappa shape index (κ1) is 15.4. The minimum Gasteiger partial charge on any atom is -0.383 e. The fourth-order valence-corrected chi connectivity index (χ4v) is 2.05. The van der Waals surface area contributed by atoms with Gasteiger partial charge in [0.25, 0.3) is 11.6 Å². The fourth-order valence-electron chi connectivity index (χ4n) is 2.05. The van der Waals surface area contributed by atoms with E-state index in [1.54, 1.807) is 37.6 Å². The van der Waals surface area contributed by atoms with Crippen molar-refractivity contribution in [2.45, 2.75) is 13.0 Å². The molecule has 0 fully saturated rings. The molecule has 7 heteroatoms. The molecule has 0 aliphatic heterocycles. The molecule has 0 bridgehead atoms. The average molecular weight is 300 g/mol. The summed E-state index contributed by atoms with van der Waals surface area (Å²) in [6.45, 7) is 1.84. The first-order valence-corrected chi connectivity index (χ1v) is 6.70. The van der Waals surface area contributed by atoms with Crippen LogP contribution >= 0.6 is 0 Å². The smallest absolute Gasteiger partial charge is 0.293 e. The highest BCUT2D eigenvalue weighted by Gasteiger charge is 2.18. The lowest BCUT2D eigenvalue weighted by molar-refractivity contribution is -0.384. The highest BCUT2D eigenvalue weighted by Crippen LogP contribution is 2.25. The van der Waals surface area contributed by atoms with E-state index < -0.39 is 4.92 Å². The molecular formula is C15H16N4O3. The van der Waals surface area contributed by atoms with Gasteiger partial charge in [0.1, 0.15) is 5.69 Å². The minimum absolute atomic E-state index is 0.133. The van der Waals surface area contributed by atoms with Gasteiger partial charge in [-0.15, -0.1) is 0 Å². The van der Waals surface area contributed by atoms with Gasteiger partial charge in [-0.25, -0.2) is 0 Å². The molecule has 1 amide bonds. The number of nitro groups is 1. The van der Waals surface area contributed by atoms with Gasteiger partial charge in [0.05, 0.1) is 11.0 Å². The Balaban J connectivity index is 2.19. The number of nitrogens with zero attached hydrogens (tertiary/aromatic N) is 2. The van der Waals surface area contributed by atoms with Crippen LogP contribution in [-0.2, 0) is 0 Å². The lowest BCUT2D eigenvalue weighted by atomic mass is 10.1. The number of nitrogens with one attached hydrogen (secondary N) is 2. The van der Waals surface area contributed by atoms with E-state index in [0.29, 0.717) is 5.69 Å². The molecule has 0 aliphatic rings. The molecule has 2 rings (SSSR count). The van der Waals surface area contributed by atoms with Gasteiger partial charge < -0.3 is 10.6 Å². The number of hydrogen-bond donors (Lipinski definition) is 2. The highest BCUT2D eigenvalue weighted by atomic mass is 16.6. The van der Waals surface area contributed by atoms with E-state index in [2.05, 4.69) is 15.6 Å². The van der Waals surface area contributed by atoms with Gasteiger partial charge in [-0.3, -0.25) is 19.9 Å². The fraction of sp³-hybridized carbons (Fsp3) is 0.200. The predicted molar refractivity (Wildman–Crippen MR) is 82.8 cm³/mol. The highest BCUT2D eigenvalue weighted by molar-refractivity contribution is 5.96. The molecule has 0 radical (unpaired) electrons. The van der Waals surface area contributed by atoms with Crippen LogP contribution in [0.3, 0.4) is 0 Å². The van der Waals surface area contributed by atoms with Crippen LogP contribution in [0.15, 0.2) is 42.7 Å². The Labute approximate surface area is 127 Å². The Morgan fingerprint density at radius 1 is 1.27 bits per heavy atom. The third-order valence-corrected chi connectivity index (χ3v) is 3.28. The summed E-state index contributed by atoms with van der Waals surface area (Å²) in [6, 6.07) is 7.71. The molecule has 7 nitrogen and oxygen atoms in total. The Morgan fingerprint density at radius 2 is 1.95 bits per heavy atom. The van der Waals surface area contributed by atoms with E-state index >= 15 is 0 Å². The maximum absolute atomic E-state index is 12.2. The molecular weight excluding hydrogens is 284 g/mol. The van der Waals surface area contributed by atoms with Gasteiger partial charge in [0.2, 0.25) is 0 Å². The molecule has 114 valence electrons. The molecule has 1 atom stereocenters. The summed E-state index contributed by atoms with van der Waals surface area (Å²) < 4.78 is 0. The molecule has 0 saturated heterocycles. The lowest BCUT2D eigenvalue weighted by Crippen LogP contribution is -2.26. The van der Waals surface area contributed by atoms with Gasteiger partial charge >= 0.3 is 0 Å². The molecule has 22 heavy (non-hydrogen) atoms. The summed E-state index contributed by atoms with van der Waals surface area (Å²) in [5.74, 6) is -0.366. The number of pyridine rings is 1. The molecule has 1 heterocycles. The van der Waals surface area contributed by atoms with Crippen LogP contribution in [0, 0.1) is 10.1 Å². The Hall–Kier alpha value is -2.96. The molecule has 0 spiro atoms. The standard InChI is InChI=1S/C15H16N4O3/c1-10(11-5-7-17-8-6-11)18-15(20)12-3-4-13(16-2)14(9-12)19(21)22/h3-10,16H,1-2H3,(H,18,20). The normalized spacial score (nSPS) is 11.5. The third-order valence-electron chi connectivity index (χ3n) is 3.28. The van der Waals surface area contributed by atoms with E-state index in [1.807, 2.05) is 6.92 Å². The van der Waals surface area contributed by atoms with Crippen LogP contribution in [0.2, 0.25) is 0 Å². The number of benzene rings is 1. The number of rotatable bonds is 5. The number of amides is 1. The maximum atomic E-state index is 12.2. The van der Waals surface area contributed by atoms with Gasteiger partial charge in [-0.05, 0) is 36.8 Å². The van der Waals surface area contributed by atoms with Crippen LogP contribution < -0.4 is 10.6 Å². The Kier molecular flexibility index (Phi) is 4.67. The summed E-state index contributed by atoms with van der Waals surface area (Å²) in [6.07, 6.45) is 3.29. The first-order chi connectivity index (χ1) is 10.5. The van der Waals surface area contributed by atoms with E-state index in [1.165, 1.54) is 12.1 Å². The van der Waals surface area contributed by atoms with Crippen molar-refractivity contribution >= 4 is 17.3 Å². The van der Waals surface area contributed by atoms with Crippen molar-refractivity contribution in [3.05, 3.63) is 64.0 Å². The van der Waals surface area contributed by atoms with E-state index in [0.717, 1.165) is 5.56 Å². The topological polar surface area (TPSA) is 97.2 Å². The molecule has 0 saturated carbocycles. The summed E-state index contributed by atoms with van der Waals surface area (Å²) in [4.78, 5) is 26.7. The number of carbonyl (C=O) groups excluding carboxylic acids is 1. The molecule has 1 aromatic carbocycles. The van der Waals surface area contributed by atoms with Crippen LogP contribution in [0.4, 0.5) is 11.4 Å². The SMILES string of the molecule is CNc1ccc(C(=O)NC(C)c2ccncc2)cc1[N+](=O)[O-].